The highest BCUT2D eigenvalue weighted by atomic mass is 16.4. The summed E-state index contributed by atoms with van der Waals surface area (Å²) in [6.45, 7) is 8.15. The van der Waals surface area contributed by atoms with Crippen molar-refractivity contribution in [3.05, 3.63) is 24.3 Å². The van der Waals surface area contributed by atoms with Crippen LogP contribution in [0.15, 0.2) is 24.3 Å². The van der Waals surface area contributed by atoms with Crippen molar-refractivity contribution >= 4 is 11.8 Å². The van der Waals surface area contributed by atoms with Gasteiger partial charge in [0, 0.05) is 5.41 Å². The summed E-state index contributed by atoms with van der Waals surface area (Å²) < 4.78 is 0. The van der Waals surface area contributed by atoms with E-state index in [1.165, 1.54) is 18.4 Å². The molecule has 0 aromatic heterocycles. The molecule has 3 fully saturated rings. The predicted molar refractivity (Wildman–Crippen MR) is 89.9 cm³/mol. The van der Waals surface area contributed by atoms with Gasteiger partial charge in [-0.3, -0.25) is 9.59 Å². The number of carboxylic acids is 1. The fourth-order valence-corrected chi connectivity index (χ4v) is 5.36. The number of aliphatic carboxylic acids is 1. The van der Waals surface area contributed by atoms with Crippen molar-refractivity contribution in [2.45, 2.75) is 58.8 Å². The molecule has 0 amide bonds. The van der Waals surface area contributed by atoms with Crippen LogP contribution in [-0.4, -0.2) is 16.9 Å². The van der Waals surface area contributed by atoms with E-state index in [4.69, 9.17) is 5.11 Å². The molecule has 126 valence electrons. The van der Waals surface area contributed by atoms with Crippen LogP contribution in [0.4, 0.5) is 0 Å². The standard InChI is InChI=1S/C20H28O3/c1-13(18(22)23)5-4-8-19(3)16-11-15-6-9-20(16,12-14(15)2)10-7-17(19)21/h7,10,13,15-16H,2,4-6,8-9,11-12H2,1,3H3,(H,22,23)/t13-,15+,16+,19+,20-/m1/s1. The average molecular weight is 316 g/mol. The number of allylic oxidation sites excluding steroid dienone is 3. The lowest BCUT2D eigenvalue weighted by Crippen LogP contribution is -2.53. The summed E-state index contributed by atoms with van der Waals surface area (Å²) in [5.74, 6) is 0.156. The lowest BCUT2D eigenvalue weighted by Gasteiger charge is -2.59. The quantitative estimate of drug-likeness (QED) is 0.766. The molecule has 1 N–H and O–H groups in total. The molecule has 23 heavy (non-hydrogen) atoms. The second-order valence-corrected chi connectivity index (χ2v) is 8.34. The van der Waals surface area contributed by atoms with Gasteiger partial charge in [0.25, 0.3) is 0 Å². The summed E-state index contributed by atoms with van der Waals surface area (Å²) in [4.78, 5) is 23.7. The Hall–Kier alpha value is -1.38. The van der Waals surface area contributed by atoms with Crippen LogP contribution in [0.1, 0.15) is 58.8 Å². The molecule has 3 nitrogen and oxygen atoms in total. The van der Waals surface area contributed by atoms with Gasteiger partial charge in [0.15, 0.2) is 5.78 Å². The molecular formula is C20H28O3. The number of carbonyl (C=O) groups excluding carboxylic acids is 1. The first-order valence-corrected chi connectivity index (χ1v) is 8.93. The Labute approximate surface area is 138 Å². The molecule has 0 saturated heterocycles. The SMILES string of the molecule is C=C1C[C@@]23C=CC(=O)[C@@](C)(CCC[C@@H](C)C(=O)O)[C@@H]2C[C@@H]1CC3. The van der Waals surface area contributed by atoms with Crippen LogP contribution in [-0.2, 0) is 9.59 Å². The van der Waals surface area contributed by atoms with Gasteiger partial charge in [-0.05, 0) is 61.9 Å². The van der Waals surface area contributed by atoms with E-state index in [1.807, 2.05) is 6.08 Å². The Balaban J connectivity index is 1.78. The molecular weight excluding hydrogens is 288 g/mol. The lowest BCUT2D eigenvalue weighted by atomic mass is 9.44. The molecule has 4 rings (SSSR count). The first kappa shape index (κ1) is 16.5. The van der Waals surface area contributed by atoms with E-state index in [0.717, 1.165) is 25.7 Å². The van der Waals surface area contributed by atoms with E-state index < -0.39 is 5.97 Å². The maximum Gasteiger partial charge on any atom is 0.306 e. The predicted octanol–water partition coefficient (Wildman–Crippen LogP) is 4.39. The van der Waals surface area contributed by atoms with Gasteiger partial charge < -0.3 is 5.11 Å². The molecule has 0 aliphatic heterocycles. The number of carboxylic acid groups (broad SMARTS) is 1. The molecule has 3 saturated carbocycles. The number of fused-ring (bicyclic) bond motifs is 2. The van der Waals surface area contributed by atoms with Crippen LogP contribution in [0.25, 0.3) is 0 Å². The topological polar surface area (TPSA) is 54.4 Å². The maximum absolute atomic E-state index is 12.7. The molecule has 2 bridgehead atoms. The highest BCUT2D eigenvalue weighted by Gasteiger charge is 2.57. The number of ketones is 1. The van der Waals surface area contributed by atoms with Crippen molar-refractivity contribution in [2.24, 2.45) is 28.6 Å². The Kier molecular flexibility index (Phi) is 4.02. The maximum atomic E-state index is 12.7. The molecule has 0 aromatic carbocycles. The highest BCUT2D eigenvalue weighted by molar-refractivity contribution is 5.96. The van der Waals surface area contributed by atoms with Gasteiger partial charge in [-0.2, -0.15) is 0 Å². The van der Waals surface area contributed by atoms with Gasteiger partial charge >= 0.3 is 5.97 Å². The number of rotatable bonds is 5. The van der Waals surface area contributed by atoms with Crippen LogP contribution < -0.4 is 0 Å². The first-order valence-electron chi connectivity index (χ1n) is 8.93. The highest BCUT2D eigenvalue weighted by Crippen LogP contribution is 2.64. The van der Waals surface area contributed by atoms with Gasteiger partial charge in [-0.1, -0.05) is 38.5 Å². The number of hydrogen-bond donors (Lipinski definition) is 1. The summed E-state index contributed by atoms with van der Waals surface area (Å²) in [5.41, 5.74) is 1.17. The third-order valence-corrected chi connectivity index (χ3v) is 6.96. The molecule has 0 radical (unpaired) electrons. The van der Waals surface area contributed by atoms with Gasteiger partial charge in [-0.15, -0.1) is 0 Å². The van der Waals surface area contributed by atoms with Gasteiger partial charge in [0.1, 0.15) is 0 Å². The second-order valence-electron chi connectivity index (χ2n) is 8.34. The zero-order chi connectivity index (χ0) is 16.8. The summed E-state index contributed by atoms with van der Waals surface area (Å²) in [6, 6.07) is 0. The fourth-order valence-electron chi connectivity index (χ4n) is 5.36. The van der Waals surface area contributed by atoms with E-state index in [0.29, 0.717) is 18.3 Å². The molecule has 0 unspecified atom stereocenters. The Bertz CT molecular complexity index is 575. The minimum absolute atomic E-state index is 0.132. The Morgan fingerprint density at radius 2 is 2.26 bits per heavy atom. The smallest absolute Gasteiger partial charge is 0.306 e. The summed E-state index contributed by atoms with van der Waals surface area (Å²) >= 11 is 0. The van der Waals surface area contributed by atoms with Gasteiger partial charge in [0.2, 0.25) is 0 Å². The summed E-state index contributed by atoms with van der Waals surface area (Å²) in [6.07, 6.45) is 10.8. The molecule has 5 atom stereocenters. The van der Waals surface area contributed by atoms with Crippen molar-refractivity contribution in [3.63, 3.8) is 0 Å². The largest absolute Gasteiger partial charge is 0.481 e. The van der Waals surface area contributed by atoms with Gasteiger partial charge in [0.05, 0.1) is 5.92 Å². The average Bonchev–Trinajstić information content (AvgIpc) is 2.51. The second kappa shape index (κ2) is 5.61. The summed E-state index contributed by atoms with van der Waals surface area (Å²) in [7, 11) is 0. The van der Waals surface area contributed by atoms with Crippen molar-refractivity contribution in [1.82, 2.24) is 0 Å². The molecule has 0 aromatic rings. The Morgan fingerprint density at radius 1 is 1.52 bits per heavy atom. The normalized spacial score (nSPS) is 40.1. The van der Waals surface area contributed by atoms with Crippen molar-refractivity contribution in [3.8, 4) is 0 Å². The molecule has 3 heteroatoms. The lowest BCUT2D eigenvalue weighted by molar-refractivity contribution is -0.141. The molecule has 0 heterocycles. The van der Waals surface area contributed by atoms with Crippen LogP contribution >= 0.6 is 0 Å². The van der Waals surface area contributed by atoms with E-state index in [9.17, 15) is 9.59 Å². The van der Waals surface area contributed by atoms with Crippen LogP contribution in [0, 0.1) is 28.6 Å². The van der Waals surface area contributed by atoms with Gasteiger partial charge in [-0.25, -0.2) is 0 Å². The molecule has 1 spiro atoms. The monoisotopic (exact) mass is 316 g/mol. The van der Waals surface area contributed by atoms with Crippen molar-refractivity contribution in [2.75, 3.05) is 0 Å². The first-order chi connectivity index (χ1) is 10.8. The number of carbonyl (C=O) groups is 2. The fraction of sp³-hybridized carbons (Fsp3) is 0.700. The van der Waals surface area contributed by atoms with Crippen LogP contribution in [0.3, 0.4) is 0 Å². The minimum Gasteiger partial charge on any atom is -0.481 e. The van der Waals surface area contributed by atoms with E-state index in [2.05, 4.69) is 19.6 Å². The van der Waals surface area contributed by atoms with Crippen molar-refractivity contribution < 1.29 is 14.7 Å². The minimum atomic E-state index is -0.741. The third kappa shape index (κ3) is 2.58. The summed E-state index contributed by atoms with van der Waals surface area (Å²) in [5, 5.41) is 9.05. The Morgan fingerprint density at radius 3 is 2.91 bits per heavy atom. The third-order valence-electron chi connectivity index (χ3n) is 6.96. The van der Waals surface area contributed by atoms with Crippen molar-refractivity contribution in [1.29, 1.82) is 0 Å². The van der Waals surface area contributed by atoms with E-state index in [1.54, 1.807) is 6.92 Å². The van der Waals surface area contributed by atoms with E-state index in [-0.39, 0.29) is 22.5 Å². The number of hydrogen-bond acceptors (Lipinski definition) is 2. The van der Waals surface area contributed by atoms with E-state index >= 15 is 0 Å². The van der Waals surface area contributed by atoms with Crippen LogP contribution in [0.2, 0.25) is 0 Å². The molecule has 4 aliphatic carbocycles. The molecule has 4 aliphatic rings. The van der Waals surface area contributed by atoms with Crippen LogP contribution in [0.5, 0.6) is 0 Å². The zero-order valence-corrected chi connectivity index (χ0v) is 14.3. The zero-order valence-electron chi connectivity index (χ0n) is 14.3.